The Hall–Kier alpha value is -3.61. The first-order valence-corrected chi connectivity index (χ1v) is 8.76. The number of carbonyl (C=O) groups is 1. The van der Waals surface area contributed by atoms with Gasteiger partial charge in [0.05, 0.1) is 18.0 Å². The molecule has 0 atom stereocenters. The van der Waals surface area contributed by atoms with Crippen molar-refractivity contribution >= 4 is 29.0 Å². The van der Waals surface area contributed by atoms with Crippen molar-refractivity contribution in [2.24, 2.45) is 0 Å². The van der Waals surface area contributed by atoms with E-state index in [1.807, 2.05) is 6.07 Å². The van der Waals surface area contributed by atoms with Crippen molar-refractivity contribution in [3.63, 3.8) is 0 Å². The largest absolute Gasteiger partial charge is 0.504 e. The zero-order valence-corrected chi connectivity index (χ0v) is 15.3. The maximum atomic E-state index is 12.9. The lowest BCUT2D eigenvalue weighted by Crippen LogP contribution is -2.24. The van der Waals surface area contributed by atoms with Crippen LogP contribution in [0.3, 0.4) is 0 Å². The minimum atomic E-state index is -0.907. The van der Waals surface area contributed by atoms with E-state index in [0.717, 1.165) is 5.56 Å². The lowest BCUT2D eigenvalue weighted by molar-refractivity contribution is -0.137. The number of aromatic hydroxyl groups is 1. The minimum Gasteiger partial charge on any atom is -0.504 e. The quantitative estimate of drug-likeness (QED) is 0.653. The lowest BCUT2D eigenvalue weighted by atomic mass is 10.1. The average molecular weight is 380 g/mol. The summed E-state index contributed by atoms with van der Waals surface area (Å²) in [6.07, 6.45) is 3.74. The maximum absolute atomic E-state index is 12.9. The molecule has 0 aliphatic heterocycles. The monoisotopic (exact) mass is 380 g/mol. The van der Waals surface area contributed by atoms with Crippen LogP contribution >= 0.6 is 0 Å². The number of hydrogen-bond acceptors (Lipinski definition) is 5. The molecule has 0 amide bonds. The molecule has 3 aromatic rings. The molecule has 0 aliphatic carbocycles. The van der Waals surface area contributed by atoms with Crippen LogP contribution in [0.1, 0.15) is 24.2 Å². The molecule has 0 saturated carbocycles. The number of para-hydroxylation sites is 1. The van der Waals surface area contributed by atoms with Crippen LogP contribution in [0, 0.1) is 0 Å². The van der Waals surface area contributed by atoms with Crippen molar-refractivity contribution in [2.45, 2.75) is 19.4 Å². The summed E-state index contributed by atoms with van der Waals surface area (Å²) in [7, 11) is 1.47. The normalized spacial score (nSPS) is 11.2. The standard InChI is InChI=1S/C21H20N2O5/c1-28-18-13-14(8-10-17(18)24)9-11-19-22-16-6-3-2-5-15(16)21(27)23(19)12-4-7-20(25)26/h2-3,5-6,8-11,13,24H,4,7,12H2,1H3,(H,25,26)/b11-9-. The van der Waals surface area contributed by atoms with Gasteiger partial charge in [-0.2, -0.15) is 0 Å². The van der Waals surface area contributed by atoms with Crippen molar-refractivity contribution in [3.8, 4) is 11.5 Å². The van der Waals surface area contributed by atoms with Crippen LogP contribution in [0.5, 0.6) is 11.5 Å². The first kappa shape index (κ1) is 19.2. The van der Waals surface area contributed by atoms with Gasteiger partial charge in [-0.25, -0.2) is 4.98 Å². The van der Waals surface area contributed by atoms with Crippen molar-refractivity contribution in [3.05, 3.63) is 64.2 Å². The zero-order valence-electron chi connectivity index (χ0n) is 15.3. The summed E-state index contributed by atoms with van der Waals surface area (Å²) < 4.78 is 6.59. The van der Waals surface area contributed by atoms with Gasteiger partial charge in [0, 0.05) is 13.0 Å². The fraction of sp³-hybridized carbons (Fsp3) is 0.190. The number of carboxylic acid groups (broad SMARTS) is 1. The first-order chi connectivity index (χ1) is 13.5. The number of aromatic nitrogens is 2. The third kappa shape index (κ3) is 4.20. The highest BCUT2D eigenvalue weighted by atomic mass is 16.5. The number of methoxy groups -OCH3 is 1. The second-order valence-electron chi connectivity index (χ2n) is 6.21. The number of phenols is 1. The molecule has 0 spiro atoms. The van der Waals surface area contributed by atoms with Crippen LogP contribution in [0.15, 0.2) is 47.3 Å². The Kier molecular flexibility index (Phi) is 5.74. The Morgan fingerprint density at radius 2 is 2.00 bits per heavy atom. The second-order valence-corrected chi connectivity index (χ2v) is 6.21. The molecule has 28 heavy (non-hydrogen) atoms. The van der Waals surface area contributed by atoms with Gasteiger partial charge in [0.25, 0.3) is 5.56 Å². The van der Waals surface area contributed by atoms with Crippen LogP contribution < -0.4 is 10.3 Å². The van der Waals surface area contributed by atoms with Crippen molar-refractivity contribution in [1.82, 2.24) is 9.55 Å². The van der Waals surface area contributed by atoms with E-state index in [4.69, 9.17) is 9.84 Å². The zero-order chi connectivity index (χ0) is 20.1. The number of hydrogen-bond donors (Lipinski definition) is 2. The summed E-state index contributed by atoms with van der Waals surface area (Å²) in [5, 5.41) is 19.1. The minimum absolute atomic E-state index is 0.0302. The van der Waals surface area contributed by atoms with Gasteiger partial charge in [-0.1, -0.05) is 24.3 Å². The van der Waals surface area contributed by atoms with E-state index >= 15 is 0 Å². The van der Waals surface area contributed by atoms with Crippen molar-refractivity contribution in [2.75, 3.05) is 7.11 Å². The summed E-state index contributed by atoms with van der Waals surface area (Å²) in [4.78, 5) is 28.2. The molecular formula is C21H20N2O5. The third-order valence-corrected chi connectivity index (χ3v) is 4.29. The molecule has 2 aromatic carbocycles. The summed E-state index contributed by atoms with van der Waals surface area (Å²) >= 11 is 0. The first-order valence-electron chi connectivity index (χ1n) is 8.76. The maximum Gasteiger partial charge on any atom is 0.303 e. The molecule has 0 saturated heterocycles. The highest BCUT2D eigenvalue weighted by Gasteiger charge is 2.10. The van der Waals surface area contributed by atoms with Crippen molar-refractivity contribution < 1.29 is 19.7 Å². The topological polar surface area (TPSA) is 102 Å². The number of fused-ring (bicyclic) bond motifs is 1. The van der Waals surface area contributed by atoms with Crippen molar-refractivity contribution in [1.29, 1.82) is 0 Å². The van der Waals surface area contributed by atoms with Gasteiger partial charge in [-0.05, 0) is 42.3 Å². The summed E-state index contributed by atoms with van der Waals surface area (Å²) in [5.41, 5.74) is 1.12. The Morgan fingerprint density at radius 1 is 1.21 bits per heavy atom. The lowest BCUT2D eigenvalue weighted by Gasteiger charge is -2.11. The van der Waals surface area contributed by atoms with E-state index in [2.05, 4.69) is 4.98 Å². The Morgan fingerprint density at radius 3 is 2.75 bits per heavy atom. The van der Waals surface area contributed by atoms with E-state index < -0.39 is 5.97 Å². The molecular weight excluding hydrogens is 360 g/mol. The fourth-order valence-corrected chi connectivity index (χ4v) is 2.89. The smallest absolute Gasteiger partial charge is 0.303 e. The molecule has 7 nitrogen and oxygen atoms in total. The van der Waals surface area contributed by atoms with Crippen LogP contribution in [0.25, 0.3) is 23.1 Å². The summed E-state index contributed by atoms with van der Waals surface area (Å²) in [6, 6.07) is 11.9. The van der Waals surface area contributed by atoms with Gasteiger partial charge in [-0.3, -0.25) is 14.2 Å². The van der Waals surface area contributed by atoms with Gasteiger partial charge in [0.15, 0.2) is 11.5 Å². The number of aliphatic carboxylic acids is 1. The van der Waals surface area contributed by atoms with Crippen LogP contribution in [0.4, 0.5) is 0 Å². The number of ether oxygens (including phenoxy) is 1. The predicted octanol–water partition coefficient (Wildman–Crippen LogP) is 3.15. The van der Waals surface area contributed by atoms with Crippen LogP contribution in [-0.4, -0.2) is 32.8 Å². The highest BCUT2D eigenvalue weighted by molar-refractivity contribution is 5.79. The summed E-state index contributed by atoms with van der Waals surface area (Å²) in [6.45, 7) is 0.252. The molecule has 144 valence electrons. The van der Waals surface area contributed by atoms with Gasteiger partial charge in [0.1, 0.15) is 5.82 Å². The summed E-state index contributed by atoms with van der Waals surface area (Å²) in [5.74, 6) is -0.0993. The molecule has 1 aromatic heterocycles. The number of carboxylic acids is 1. The van der Waals surface area contributed by atoms with Crippen LogP contribution in [0.2, 0.25) is 0 Å². The van der Waals surface area contributed by atoms with Crippen LogP contribution in [-0.2, 0) is 11.3 Å². The van der Waals surface area contributed by atoms with E-state index in [1.54, 1.807) is 42.5 Å². The molecule has 2 N–H and O–H groups in total. The molecule has 1 heterocycles. The molecule has 0 bridgehead atoms. The number of rotatable bonds is 7. The van der Waals surface area contributed by atoms with Gasteiger partial charge in [0.2, 0.25) is 0 Å². The fourth-order valence-electron chi connectivity index (χ4n) is 2.89. The third-order valence-electron chi connectivity index (χ3n) is 4.29. The number of nitrogens with zero attached hydrogens (tertiary/aromatic N) is 2. The van der Waals surface area contributed by atoms with E-state index in [1.165, 1.54) is 17.7 Å². The van der Waals surface area contributed by atoms with Gasteiger partial charge < -0.3 is 14.9 Å². The van der Waals surface area contributed by atoms with E-state index in [0.29, 0.717) is 28.9 Å². The average Bonchev–Trinajstić information content (AvgIpc) is 2.69. The molecule has 0 unspecified atom stereocenters. The van der Waals surface area contributed by atoms with Gasteiger partial charge in [-0.15, -0.1) is 0 Å². The Balaban J connectivity index is 2.02. The Labute approximate surface area is 161 Å². The van der Waals surface area contributed by atoms with Gasteiger partial charge >= 0.3 is 5.97 Å². The van der Waals surface area contributed by atoms with E-state index in [9.17, 15) is 14.7 Å². The van der Waals surface area contributed by atoms with E-state index in [-0.39, 0.29) is 24.3 Å². The predicted molar refractivity (Wildman–Crippen MR) is 106 cm³/mol. The SMILES string of the molecule is COc1cc(/C=C\c2nc3ccccc3c(=O)n2CCCC(=O)O)ccc1O. The number of benzene rings is 2. The molecule has 0 aliphatic rings. The molecule has 7 heteroatoms. The second kappa shape index (κ2) is 8.39. The molecule has 3 rings (SSSR count). The molecule has 0 radical (unpaired) electrons. The highest BCUT2D eigenvalue weighted by Crippen LogP contribution is 2.27. The Bertz CT molecular complexity index is 1100. The number of phenolic OH excluding ortho intramolecular Hbond substituents is 1. The molecule has 0 fully saturated rings.